The molecule has 0 radical (unpaired) electrons. The van der Waals surface area contributed by atoms with Crippen LogP contribution in [0.1, 0.15) is 21.9 Å². The van der Waals surface area contributed by atoms with Gasteiger partial charge in [0.15, 0.2) is 0 Å². The molecule has 0 amide bonds. The lowest BCUT2D eigenvalue weighted by molar-refractivity contribution is 0.0660. The van der Waals surface area contributed by atoms with E-state index in [2.05, 4.69) is 4.72 Å². The van der Waals surface area contributed by atoms with Crippen LogP contribution in [0, 0.1) is 12.7 Å². The Labute approximate surface area is 120 Å². The first-order valence-electron chi connectivity index (χ1n) is 5.87. The number of carboxylic acid groups (broad SMARTS) is 1. The number of aryl methyl sites for hydroxylation is 1. The van der Waals surface area contributed by atoms with Gasteiger partial charge in [-0.05, 0) is 42.8 Å². The van der Waals surface area contributed by atoms with E-state index < -0.39 is 21.8 Å². The molecule has 2 aromatic rings. The number of sulfonamides is 1. The van der Waals surface area contributed by atoms with E-state index in [-0.39, 0.29) is 23.0 Å². The third kappa shape index (κ3) is 3.67. The largest absolute Gasteiger partial charge is 0.475 e. The molecule has 6 nitrogen and oxygen atoms in total. The maximum Gasteiger partial charge on any atom is 0.371 e. The number of carboxylic acids is 1. The second kappa shape index (κ2) is 5.66. The first kappa shape index (κ1) is 15.2. The predicted molar refractivity (Wildman–Crippen MR) is 70.8 cm³/mol. The smallest absolute Gasteiger partial charge is 0.371 e. The summed E-state index contributed by atoms with van der Waals surface area (Å²) in [5.41, 5.74) is 0.474. The summed E-state index contributed by atoms with van der Waals surface area (Å²) < 4.78 is 44.4. The number of hydrogen-bond donors (Lipinski definition) is 2. The number of hydrogen-bond acceptors (Lipinski definition) is 4. The number of nitrogens with one attached hydrogen (secondary N) is 1. The molecule has 1 aromatic carbocycles. The topological polar surface area (TPSA) is 96.6 Å². The molecule has 0 aliphatic heterocycles. The Morgan fingerprint density at radius 2 is 2.05 bits per heavy atom. The van der Waals surface area contributed by atoms with Crippen LogP contribution < -0.4 is 4.72 Å². The number of carbonyl (C=O) groups is 1. The van der Waals surface area contributed by atoms with E-state index in [1.165, 1.54) is 24.3 Å². The molecule has 0 bridgehead atoms. The van der Waals surface area contributed by atoms with Crippen molar-refractivity contribution < 1.29 is 27.1 Å². The number of rotatable bonds is 5. The van der Waals surface area contributed by atoms with Gasteiger partial charge in [-0.15, -0.1) is 0 Å². The van der Waals surface area contributed by atoms with Gasteiger partial charge in [-0.1, -0.05) is 0 Å². The highest BCUT2D eigenvalue weighted by Gasteiger charge is 2.17. The van der Waals surface area contributed by atoms with Gasteiger partial charge in [-0.2, -0.15) is 0 Å². The van der Waals surface area contributed by atoms with E-state index in [4.69, 9.17) is 9.52 Å². The second-order valence-electron chi connectivity index (χ2n) is 4.36. The molecule has 0 aliphatic carbocycles. The minimum Gasteiger partial charge on any atom is -0.475 e. The van der Waals surface area contributed by atoms with Crippen molar-refractivity contribution in [3.8, 4) is 0 Å². The summed E-state index contributed by atoms with van der Waals surface area (Å²) in [6, 6.07) is 6.02. The Morgan fingerprint density at radius 1 is 1.33 bits per heavy atom. The molecule has 8 heteroatoms. The molecule has 1 heterocycles. The Balaban J connectivity index is 2.15. The minimum absolute atomic E-state index is 0.143. The average molecular weight is 313 g/mol. The second-order valence-corrected chi connectivity index (χ2v) is 6.13. The van der Waals surface area contributed by atoms with Gasteiger partial charge in [0.25, 0.3) is 0 Å². The van der Waals surface area contributed by atoms with Gasteiger partial charge >= 0.3 is 5.97 Å². The van der Waals surface area contributed by atoms with E-state index in [9.17, 15) is 17.6 Å². The summed E-state index contributed by atoms with van der Waals surface area (Å²) in [5.74, 6) is -2.04. The minimum atomic E-state index is -3.91. The molecule has 1 aromatic heterocycles. The van der Waals surface area contributed by atoms with Crippen molar-refractivity contribution in [1.29, 1.82) is 0 Å². The summed E-state index contributed by atoms with van der Waals surface area (Å²) in [6.07, 6.45) is 0. The van der Waals surface area contributed by atoms with E-state index in [1.807, 2.05) is 0 Å². The maximum absolute atomic E-state index is 13.2. The molecular weight excluding hydrogens is 301 g/mol. The van der Waals surface area contributed by atoms with Crippen molar-refractivity contribution in [1.82, 2.24) is 4.72 Å². The number of aromatic carboxylic acids is 1. The SMILES string of the molecule is Cc1cc(F)cc(S(=O)(=O)NCc2ccc(C(=O)O)o2)c1. The van der Waals surface area contributed by atoms with Crippen LogP contribution in [0.25, 0.3) is 0 Å². The summed E-state index contributed by atoms with van der Waals surface area (Å²) in [6.45, 7) is 1.35. The number of halogens is 1. The van der Waals surface area contributed by atoms with Gasteiger partial charge in [0, 0.05) is 0 Å². The molecule has 0 spiro atoms. The van der Waals surface area contributed by atoms with Crippen molar-refractivity contribution in [2.75, 3.05) is 0 Å². The van der Waals surface area contributed by atoms with E-state index >= 15 is 0 Å². The molecule has 0 atom stereocenters. The third-order valence-electron chi connectivity index (χ3n) is 2.63. The molecule has 0 unspecified atom stereocenters. The van der Waals surface area contributed by atoms with Gasteiger partial charge in [0.1, 0.15) is 11.6 Å². The molecular formula is C13H12FNO5S. The first-order valence-corrected chi connectivity index (χ1v) is 7.35. The van der Waals surface area contributed by atoms with Crippen LogP contribution in [0.3, 0.4) is 0 Å². The molecule has 2 rings (SSSR count). The van der Waals surface area contributed by atoms with Crippen LogP contribution >= 0.6 is 0 Å². The predicted octanol–water partition coefficient (Wildman–Crippen LogP) is 1.90. The Kier molecular flexibility index (Phi) is 4.10. The van der Waals surface area contributed by atoms with Gasteiger partial charge in [-0.25, -0.2) is 22.3 Å². The molecule has 0 saturated heterocycles. The zero-order chi connectivity index (χ0) is 15.6. The van der Waals surface area contributed by atoms with Gasteiger partial charge in [-0.3, -0.25) is 0 Å². The van der Waals surface area contributed by atoms with Crippen molar-refractivity contribution >= 4 is 16.0 Å². The van der Waals surface area contributed by atoms with Crippen LogP contribution in [0.4, 0.5) is 4.39 Å². The van der Waals surface area contributed by atoms with Gasteiger partial charge in [0.05, 0.1) is 11.4 Å². The fourth-order valence-corrected chi connectivity index (χ4v) is 2.80. The molecule has 112 valence electrons. The Morgan fingerprint density at radius 3 is 2.62 bits per heavy atom. The first-order chi connectivity index (χ1) is 9.78. The van der Waals surface area contributed by atoms with E-state index in [0.717, 1.165) is 6.07 Å². The highest BCUT2D eigenvalue weighted by molar-refractivity contribution is 7.89. The summed E-state index contributed by atoms with van der Waals surface area (Å²) in [5, 5.41) is 8.69. The number of furan rings is 1. The van der Waals surface area contributed by atoms with Gasteiger partial charge < -0.3 is 9.52 Å². The zero-order valence-electron chi connectivity index (χ0n) is 11.0. The van der Waals surface area contributed by atoms with Crippen LogP contribution in [0.2, 0.25) is 0 Å². The fraction of sp³-hybridized carbons (Fsp3) is 0.154. The highest BCUT2D eigenvalue weighted by Crippen LogP contribution is 2.15. The van der Waals surface area contributed by atoms with Crippen LogP contribution in [-0.2, 0) is 16.6 Å². The van der Waals surface area contributed by atoms with Crippen LogP contribution in [0.15, 0.2) is 39.6 Å². The maximum atomic E-state index is 13.2. The molecule has 0 fully saturated rings. The molecule has 0 saturated carbocycles. The van der Waals surface area contributed by atoms with Crippen LogP contribution in [-0.4, -0.2) is 19.5 Å². The van der Waals surface area contributed by atoms with E-state index in [1.54, 1.807) is 6.92 Å². The van der Waals surface area contributed by atoms with Crippen molar-refractivity contribution in [3.63, 3.8) is 0 Å². The van der Waals surface area contributed by atoms with E-state index in [0.29, 0.717) is 5.56 Å². The van der Waals surface area contributed by atoms with Crippen LogP contribution in [0.5, 0.6) is 0 Å². The zero-order valence-corrected chi connectivity index (χ0v) is 11.8. The Hall–Kier alpha value is -2.19. The lowest BCUT2D eigenvalue weighted by atomic mass is 10.2. The molecule has 0 aliphatic rings. The quantitative estimate of drug-likeness (QED) is 0.879. The third-order valence-corrected chi connectivity index (χ3v) is 4.02. The van der Waals surface area contributed by atoms with Gasteiger partial charge in [0.2, 0.25) is 15.8 Å². The fourth-order valence-electron chi connectivity index (χ4n) is 1.70. The monoisotopic (exact) mass is 313 g/mol. The van der Waals surface area contributed by atoms with Crippen molar-refractivity contribution in [2.45, 2.75) is 18.4 Å². The summed E-state index contributed by atoms with van der Waals surface area (Å²) in [4.78, 5) is 10.4. The summed E-state index contributed by atoms with van der Waals surface area (Å²) >= 11 is 0. The summed E-state index contributed by atoms with van der Waals surface area (Å²) in [7, 11) is -3.91. The normalized spacial score (nSPS) is 11.5. The standard InChI is InChI=1S/C13H12FNO5S/c1-8-4-9(14)6-11(5-8)21(18,19)15-7-10-2-3-12(20-10)13(16)17/h2-6,15H,7H2,1H3,(H,16,17). The Bertz CT molecular complexity index is 761. The number of benzene rings is 1. The average Bonchev–Trinajstić information content (AvgIpc) is 2.84. The molecule has 21 heavy (non-hydrogen) atoms. The lowest BCUT2D eigenvalue weighted by Crippen LogP contribution is -2.23. The van der Waals surface area contributed by atoms with Crippen molar-refractivity contribution in [2.24, 2.45) is 0 Å². The highest BCUT2D eigenvalue weighted by atomic mass is 32.2. The van der Waals surface area contributed by atoms with Crippen molar-refractivity contribution in [3.05, 3.63) is 53.2 Å². The molecule has 2 N–H and O–H groups in total. The lowest BCUT2D eigenvalue weighted by Gasteiger charge is -2.06.